The zero-order valence-electron chi connectivity index (χ0n) is 9.44. The molecule has 3 heteroatoms. The van der Waals surface area contributed by atoms with Crippen LogP contribution in [0.1, 0.15) is 6.92 Å². The van der Waals surface area contributed by atoms with Crippen molar-refractivity contribution in [1.82, 2.24) is 0 Å². The van der Waals surface area contributed by atoms with Gasteiger partial charge in [-0.3, -0.25) is 0 Å². The first-order valence-corrected chi connectivity index (χ1v) is 5.34. The van der Waals surface area contributed by atoms with Gasteiger partial charge in [0.15, 0.2) is 5.69 Å². The van der Waals surface area contributed by atoms with E-state index >= 15 is 0 Å². The summed E-state index contributed by atoms with van der Waals surface area (Å²) in [6.45, 7) is 2.02. The van der Waals surface area contributed by atoms with Crippen molar-refractivity contribution >= 4 is 28.0 Å². The normalized spacial score (nSPS) is 14.8. The van der Waals surface area contributed by atoms with E-state index in [4.69, 9.17) is 5.84 Å². The van der Waals surface area contributed by atoms with Gasteiger partial charge in [0.2, 0.25) is 0 Å². The van der Waals surface area contributed by atoms with Crippen LogP contribution in [0.3, 0.4) is 0 Å². The molecule has 0 spiro atoms. The molecule has 2 N–H and O–H groups in total. The summed E-state index contributed by atoms with van der Waals surface area (Å²) < 4.78 is 2.12. The van der Waals surface area contributed by atoms with E-state index in [0.717, 1.165) is 11.5 Å². The van der Waals surface area contributed by atoms with Gasteiger partial charge in [-0.2, -0.15) is 10.9 Å². The predicted octanol–water partition coefficient (Wildman–Crippen LogP) is 2.23. The summed E-state index contributed by atoms with van der Waals surface area (Å²) in [4.78, 5) is 0. The highest BCUT2D eigenvalue weighted by atomic mass is 15.4. The molecule has 0 aromatic heterocycles. The number of hydrogen-bond acceptors (Lipinski definition) is 2. The molecule has 1 aliphatic heterocycles. The number of nitrogens with two attached hydrogens (primary N) is 1. The Hall–Kier alpha value is -1.87. The van der Waals surface area contributed by atoms with Gasteiger partial charge >= 0.3 is 0 Å². The van der Waals surface area contributed by atoms with E-state index in [2.05, 4.69) is 34.9 Å². The lowest BCUT2D eigenvalue weighted by Crippen LogP contribution is -2.41. The first-order valence-electron chi connectivity index (χ1n) is 5.34. The minimum Gasteiger partial charge on any atom is -0.232 e. The second-order valence-electron chi connectivity index (χ2n) is 4.13. The molecular formula is C13H14N3+. The largest absolute Gasteiger partial charge is 0.272 e. The van der Waals surface area contributed by atoms with Crippen LogP contribution in [0.15, 0.2) is 36.4 Å². The molecule has 1 heterocycles. The molecule has 16 heavy (non-hydrogen) atoms. The Balaban J connectivity index is 2.52. The van der Waals surface area contributed by atoms with Crippen molar-refractivity contribution in [2.45, 2.75) is 6.92 Å². The number of anilines is 1. The van der Waals surface area contributed by atoms with Crippen LogP contribution in [0.5, 0.6) is 0 Å². The van der Waals surface area contributed by atoms with E-state index in [0.29, 0.717) is 0 Å². The van der Waals surface area contributed by atoms with Crippen LogP contribution in [0, 0.1) is 0 Å². The summed E-state index contributed by atoms with van der Waals surface area (Å²) >= 11 is 0. The molecule has 0 unspecified atom stereocenters. The fraction of sp³-hybridized carbons (Fsp3) is 0.154. The van der Waals surface area contributed by atoms with E-state index in [1.54, 1.807) is 5.01 Å². The number of benzene rings is 2. The summed E-state index contributed by atoms with van der Waals surface area (Å²) in [5.74, 6) is 7.13. The fourth-order valence-electron chi connectivity index (χ4n) is 2.29. The van der Waals surface area contributed by atoms with Gasteiger partial charge in [-0.25, -0.2) is 4.58 Å². The minimum atomic E-state index is 1.03. The molecule has 0 fully saturated rings. The lowest BCUT2D eigenvalue weighted by atomic mass is 10.0. The van der Waals surface area contributed by atoms with Gasteiger partial charge in [-0.1, -0.05) is 24.3 Å². The van der Waals surface area contributed by atoms with E-state index in [1.165, 1.54) is 16.5 Å². The average molecular weight is 212 g/mol. The average Bonchev–Trinajstić information content (AvgIpc) is 2.33. The van der Waals surface area contributed by atoms with Crippen molar-refractivity contribution in [2.75, 3.05) is 12.1 Å². The third-order valence-electron chi connectivity index (χ3n) is 3.32. The maximum atomic E-state index is 6.09. The van der Waals surface area contributed by atoms with Crippen molar-refractivity contribution in [3.8, 4) is 0 Å². The first-order chi connectivity index (χ1) is 7.70. The molecule has 2 aromatic carbocycles. The Bertz CT molecular complexity index is 608. The van der Waals surface area contributed by atoms with Crippen molar-refractivity contribution < 1.29 is 4.58 Å². The molecule has 0 bridgehead atoms. The van der Waals surface area contributed by atoms with Gasteiger partial charge < -0.3 is 0 Å². The van der Waals surface area contributed by atoms with Gasteiger partial charge in [-0.05, 0) is 17.5 Å². The molecule has 0 atom stereocenters. The molecule has 0 saturated carbocycles. The molecule has 0 aliphatic carbocycles. The highest BCUT2D eigenvalue weighted by Crippen LogP contribution is 2.36. The van der Waals surface area contributed by atoms with Crippen LogP contribution in [0.2, 0.25) is 0 Å². The Kier molecular flexibility index (Phi) is 1.79. The number of hydrogen-bond donors (Lipinski definition) is 1. The van der Waals surface area contributed by atoms with Crippen LogP contribution in [-0.2, 0) is 0 Å². The van der Waals surface area contributed by atoms with Crippen molar-refractivity contribution in [3.63, 3.8) is 0 Å². The van der Waals surface area contributed by atoms with Gasteiger partial charge in [0.1, 0.15) is 5.69 Å². The first kappa shape index (κ1) is 9.36. The summed E-state index contributed by atoms with van der Waals surface area (Å²) in [7, 11) is 2.04. The number of nitrogens with zero attached hydrogens (tertiary/aromatic N) is 2. The highest BCUT2D eigenvalue weighted by molar-refractivity contribution is 6.09. The number of rotatable bonds is 0. The fourth-order valence-corrected chi connectivity index (χ4v) is 2.29. The van der Waals surface area contributed by atoms with Gasteiger partial charge in [-0.15, -0.1) is 0 Å². The van der Waals surface area contributed by atoms with Crippen molar-refractivity contribution in [1.29, 1.82) is 0 Å². The van der Waals surface area contributed by atoms with Gasteiger partial charge in [0.05, 0.1) is 12.4 Å². The second kappa shape index (κ2) is 3.06. The maximum absolute atomic E-state index is 6.09. The molecule has 2 aromatic rings. The van der Waals surface area contributed by atoms with Crippen LogP contribution in [0.4, 0.5) is 11.4 Å². The molecule has 3 nitrogen and oxygen atoms in total. The van der Waals surface area contributed by atoms with Crippen LogP contribution in [0.25, 0.3) is 10.8 Å². The van der Waals surface area contributed by atoms with Crippen LogP contribution >= 0.6 is 0 Å². The van der Waals surface area contributed by atoms with Crippen molar-refractivity contribution in [2.24, 2.45) is 5.84 Å². The third kappa shape index (κ3) is 1.03. The molecule has 3 rings (SSSR count). The van der Waals surface area contributed by atoms with E-state index in [-0.39, 0.29) is 0 Å². The Morgan fingerprint density at radius 3 is 2.56 bits per heavy atom. The zero-order valence-corrected chi connectivity index (χ0v) is 9.44. The van der Waals surface area contributed by atoms with E-state index in [1.807, 2.05) is 20.0 Å². The van der Waals surface area contributed by atoms with Crippen molar-refractivity contribution in [3.05, 3.63) is 36.4 Å². The smallest absolute Gasteiger partial charge is 0.232 e. The van der Waals surface area contributed by atoms with Gasteiger partial charge in [0, 0.05) is 6.92 Å². The minimum absolute atomic E-state index is 1.03. The molecule has 0 saturated heterocycles. The molecule has 80 valence electrons. The lowest BCUT2D eigenvalue weighted by Gasteiger charge is -2.21. The number of hydrazine groups is 1. The Labute approximate surface area is 94.4 Å². The van der Waals surface area contributed by atoms with Crippen LogP contribution < -0.4 is 10.9 Å². The lowest BCUT2D eigenvalue weighted by molar-refractivity contribution is -0.405. The topological polar surface area (TPSA) is 32.3 Å². The van der Waals surface area contributed by atoms with Gasteiger partial charge in [0.25, 0.3) is 5.84 Å². The molecule has 1 aliphatic rings. The Morgan fingerprint density at radius 2 is 1.81 bits per heavy atom. The van der Waals surface area contributed by atoms with E-state index < -0.39 is 0 Å². The molecular weight excluding hydrogens is 198 g/mol. The summed E-state index contributed by atoms with van der Waals surface area (Å²) in [5.41, 5.74) is 2.29. The number of amidine groups is 1. The zero-order chi connectivity index (χ0) is 11.3. The molecule has 0 amide bonds. The third-order valence-corrected chi connectivity index (χ3v) is 3.32. The molecule has 0 radical (unpaired) electrons. The summed E-state index contributed by atoms with van der Waals surface area (Å²) in [5, 5.41) is 4.19. The Morgan fingerprint density at radius 1 is 1.12 bits per heavy atom. The second-order valence-corrected chi connectivity index (χ2v) is 4.13. The standard InChI is InChI=1S/C13H14N3/c1-9-15(2)11-7-3-5-10-6-4-8-12(13(10)11)16(9)14/h3-8H,14H2,1-2H3/q+1. The highest BCUT2D eigenvalue weighted by Gasteiger charge is 2.27. The van der Waals surface area contributed by atoms with Crippen LogP contribution in [-0.4, -0.2) is 17.5 Å². The summed E-state index contributed by atoms with van der Waals surface area (Å²) in [6.07, 6.45) is 0. The predicted molar refractivity (Wildman–Crippen MR) is 67.1 cm³/mol. The maximum Gasteiger partial charge on any atom is 0.272 e. The SMILES string of the molecule is CC1=[N+](C)c2cccc3cccc(c23)N1N. The summed E-state index contributed by atoms with van der Waals surface area (Å²) in [6, 6.07) is 12.5. The van der Waals surface area contributed by atoms with E-state index in [9.17, 15) is 0 Å². The monoisotopic (exact) mass is 212 g/mol. The quantitative estimate of drug-likeness (QED) is 0.536.